The second-order valence-electron chi connectivity index (χ2n) is 5.32. The smallest absolute Gasteiger partial charge is 0.356 e. The summed E-state index contributed by atoms with van der Waals surface area (Å²) in [6.45, 7) is 4.91. The van der Waals surface area contributed by atoms with Crippen LogP contribution in [0.1, 0.15) is 50.0 Å². The molecule has 0 aliphatic heterocycles. The molecule has 5 heteroatoms. The average molecular weight is 265 g/mol. The van der Waals surface area contributed by atoms with E-state index in [1.165, 1.54) is 6.42 Å². The van der Waals surface area contributed by atoms with E-state index in [4.69, 9.17) is 10.5 Å². The summed E-state index contributed by atoms with van der Waals surface area (Å²) in [4.78, 5) is 16.1. The Morgan fingerprint density at radius 1 is 1.63 bits per heavy atom. The van der Waals surface area contributed by atoms with Gasteiger partial charge in [-0.05, 0) is 25.7 Å². The standard InChI is InChI=1S/C14H23N3O2/c1-3-19-13(18)12-8-16-10-17(12)14(9-15)7-5-4-6-11(14)2/h8,10-11H,3-7,9,15H2,1-2H3. The van der Waals surface area contributed by atoms with Crippen molar-refractivity contribution in [1.29, 1.82) is 0 Å². The normalized spacial score (nSPS) is 27.2. The van der Waals surface area contributed by atoms with E-state index in [1.807, 2.05) is 4.57 Å². The van der Waals surface area contributed by atoms with Crippen molar-refractivity contribution in [1.82, 2.24) is 9.55 Å². The minimum absolute atomic E-state index is 0.198. The number of rotatable bonds is 4. The molecule has 1 aliphatic carbocycles. The van der Waals surface area contributed by atoms with Crippen LogP contribution in [-0.2, 0) is 10.3 Å². The highest BCUT2D eigenvalue weighted by atomic mass is 16.5. The van der Waals surface area contributed by atoms with Crippen LogP contribution in [0.4, 0.5) is 0 Å². The van der Waals surface area contributed by atoms with Gasteiger partial charge in [0.25, 0.3) is 0 Å². The maximum absolute atomic E-state index is 12.0. The van der Waals surface area contributed by atoms with Gasteiger partial charge in [0.05, 0.1) is 24.7 Å². The summed E-state index contributed by atoms with van der Waals surface area (Å²) in [5.41, 5.74) is 6.38. The molecular weight excluding hydrogens is 242 g/mol. The molecule has 19 heavy (non-hydrogen) atoms. The van der Waals surface area contributed by atoms with Crippen LogP contribution in [0.2, 0.25) is 0 Å². The molecule has 0 saturated heterocycles. The van der Waals surface area contributed by atoms with Crippen LogP contribution in [-0.4, -0.2) is 28.7 Å². The lowest BCUT2D eigenvalue weighted by Gasteiger charge is -2.43. The van der Waals surface area contributed by atoms with Gasteiger partial charge in [-0.25, -0.2) is 9.78 Å². The largest absolute Gasteiger partial charge is 0.461 e. The number of nitrogens with zero attached hydrogens (tertiary/aromatic N) is 2. The highest BCUT2D eigenvalue weighted by Gasteiger charge is 2.40. The molecule has 106 valence electrons. The maximum Gasteiger partial charge on any atom is 0.356 e. The fourth-order valence-electron chi connectivity index (χ4n) is 3.16. The van der Waals surface area contributed by atoms with E-state index in [-0.39, 0.29) is 11.5 Å². The van der Waals surface area contributed by atoms with E-state index in [0.717, 1.165) is 19.3 Å². The first-order chi connectivity index (χ1) is 9.15. The van der Waals surface area contributed by atoms with Gasteiger partial charge < -0.3 is 15.0 Å². The molecule has 2 atom stereocenters. The molecule has 1 aliphatic rings. The van der Waals surface area contributed by atoms with E-state index in [9.17, 15) is 4.79 Å². The van der Waals surface area contributed by atoms with Crippen molar-refractivity contribution in [2.75, 3.05) is 13.2 Å². The summed E-state index contributed by atoms with van der Waals surface area (Å²) < 4.78 is 7.06. The van der Waals surface area contributed by atoms with E-state index < -0.39 is 0 Å². The van der Waals surface area contributed by atoms with E-state index >= 15 is 0 Å². The van der Waals surface area contributed by atoms with Gasteiger partial charge in [-0.3, -0.25) is 0 Å². The van der Waals surface area contributed by atoms with Crippen molar-refractivity contribution >= 4 is 5.97 Å². The Bertz CT molecular complexity index is 444. The van der Waals surface area contributed by atoms with Gasteiger partial charge >= 0.3 is 5.97 Å². The molecule has 1 aromatic heterocycles. The Balaban J connectivity index is 2.38. The summed E-state index contributed by atoms with van der Waals surface area (Å²) in [7, 11) is 0. The summed E-state index contributed by atoms with van der Waals surface area (Å²) in [5.74, 6) is 0.124. The van der Waals surface area contributed by atoms with Crippen LogP contribution < -0.4 is 5.73 Å². The minimum atomic E-state index is -0.314. The van der Waals surface area contributed by atoms with Crippen molar-refractivity contribution in [3.05, 3.63) is 18.2 Å². The lowest BCUT2D eigenvalue weighted by Crippen LogP contribution is -2.49. The first kappa shape index (κ1) is 14.1. The fraction of sp³-hybridized carbons (Fsp3) is 0.714. The van der Waals surface area contributed by atoms with E-state index in [2.05, 4.69) is 11.9 Å². The summed E-state index contributed by atoms with van der Waals surface area (Å²) >= 11 is 0. The van der Waals surface area contributed by atoms with Crippen LogP contribution in [0, 0.1) is 5.92 Å². The van der Waals surface area contributed by atoms with Crippen LogP contribution in [0.5, 0.6) is 0 Å². The monoisotopic (exact) mass is 265 g/mol. The summed E-state index contributed by atoms with van der Waals surface area (Å²) in [6, 6.07) is 0. The number of imidazole rings is 1. The molecule has 0 amide bonds. The molecule has 1 fully saturated rings. The Kier molecular flexibility index (Phi) is 4.24. The topological polar surface area (TPSA) is 70.1 Å². The molecule has 0 aromatic carbocycles. The molecule has 1 saturated carbocycles. The van der Waals surface area contributed by atoms with Crippen LogP contribution in [0.3, 0.4) is 0 Å². The Morgan fingerprint density at radius 2 is 2.42 bits per heavy atom. The number of carbonyl (C=O) groups is 1. The predicted molar refractivity (Wildman–Crippen MR) is 72.8 cm³/mol. The number of carbonyl (C=O) groups excluding carboxylic acids is 1. The third kappa shape index (κ3) is 2.39. The van der Waals surface area contributed by atoms with Gasteiger partial charge in [-0.1, -0.05) is 19.8 Å². The van der Waals surface area contributed by atoms with Crippen molar-refractivity contribution in [3.8, 4) is 0 Å². The number of aromatic nitrogens is 2. The Morgan fingerprint density at radius 3 is 3.05 bits per heavy atom. The van der Waals surface area contributed by atoms with Crippen molar-refractivity contribution < 1.29 is 9.53 Å². The van der Waals surface area contributed by atoms with Crippen molar-refractivity contribution in [2.45, 2.75) is 45.1 Å². The Labute approximate surface area is 114 Å². The molecule has 2 N–H and O–H groups in total. The van der Waals surface area contributed by atoms with Crippen molar-refractivity contribution in [3.63, 3.8) is 0 Å². The number of hydrogen-bond acceptors (Lipinski definition) is 4. The van der Waals surface area contributed by atoms with E-state index in [1.54, 1.807) is 19.4 Å². The second-order valence-corrected chi connectivity index (χ2v) is 5.32. The highest BCUT2D eigenvalue weighted by Crippen LogP contribution is 2.39. The summed E-state index contributed by atoms with van der Waals surface area (Å²) in [6.07, 6.45) is 7.80. The number of ether oxygens (including phenoxy) is 1. The molecule has 0 bridgehead atoms. The maximum atomic E-state index is 12.0. The number of nitrogens with two attached hydrogens (primary N) is 1. The number of esters is 1. The molecule has 1 heterocycles. The lowest BCUT2D eigenvalue weighted by molar-refractivity contribution is 0.0481. The van der Waals surface area contributed by atoms with Gasteiger partial charge in [-0.15, -0.1) is 0 Å². The molecular formula is C14H23N3O2. The molecule has 5 nitrogen and oxygen atoms in total. The predicted octanol–water partition coefficient (Wildman–Crippen LogP) is 1.92. The van der Waals surface area contributed by atoms with Gasteiger partial charge in [-0.2, -0.15) is 0 Å². The number of hydrogen-bond donors (Lipinski definition) is 1. The zero-order valence-electron chi connectivity index (χ0n) is 11.8. The van der Waals surface area contributed by atoms with E-state index in [0.29, 0.717) is 24.8 Å². The van der Waals surface area contributed by atoms with Gasteiger partial charge in [0.15, 0.2) is 0 Å². The molecule has 0 radical (unpaired) electrons. The molecule has 0 spiro atoms. The Hall–Kier alpha value is -1.36. The average Bonchev–Trinajstić information content (AvgIpc) is 2.90. The first-order valence-electron chi connectivity index (χ1n) is 7.05. The summed E-state index contributed by atoms with van der Waals surface area (Å²) in [5, 5.41) is 0. The fourth-order valence-corrected chi connectivity index (χ4v) is 3.16. The minimum Gasteiger partial charge on any atom is -0.461 e. The molecule has 2 rings (SSSR count). The third-order valence-corrected chi connectivity index (χ3v) is 4.37. The zero-order chi connectivity index (χ0) is 13.9. The highest BCUT2D eigenvalue weighted by molar-refractivity contribution is 5.87. The second kappa shape index (κ2) is 5.74. The van der Waals surface area contributed by atoms with Gasteiger partial charge in [0.2, 0.25) is 0 Å². The van der Waals surface area contributed by atoms with Gasteiger partial charge in [0.1, 0.15) is 5.69 Å². The third-order valence-electron chi connectivity index (χ3n) is 4.37. The SMILES string of the molecule is CCOC(=O)c1cncn1C1(CN)CCCCC1C. The molecule has 1 aromatic rings. The van der Waals surface area contributed by atoms with Gasteiger partial charge in [0, 0.05) is 6.54 Å². The zero-order valence-corrected chi connectivity index (χ0v) is 11.8. The van der Waals surface area contributed by atoms with Crippen molar-refractivity contribution in [2.24, 2.45) is 11.7 Å². The van der Waals surface area contributed by atoms with Crippen LogP contribution >= 0.6 is 0 Å². The van der Waals surface area contributed by atoms with Crippen LogP contribution in [0.15, 0.2) is 12.5 Å². The first-order valence-corrected chi connectivity index (χ1v) is 7.05. The quantitative estimate of drug-likeness (QED) is 0.844. The lowest BCUT2D eigenvalue weighted by atomic mass is 9.73. The van der Waals surface area contributed by atoms with Crippen LogP contribution in [0.25, 0.3) is 0 Å². The molecule has 2 unspecified atom stereocenters.